The van der Waals surface area contributed by atoms with Crippen molar-refractivity contribution in [1.82, 2.24) is 0 Å². The van der Waals surface area contributed by atoms with E-state index in [-0.39, 0.29) is 5.41 Å². The fraction of sp³-hybridized carbons (Fsp3) is 0.375. The predicted octanol–water partition coefficient (Wildman–Crippen LogP) is 2.76. The van der Waals surface area contributed by atoms with E-state index in [4.69, 9.17) is 10.2 Å². The van der Waals surface area contributed by atoms with Crippen molar-refractivity contribution in [1.29, 1.82) is 0 Å². The zero-order valence-corrected chi connectivity index (χ0v) is 13.1. The minimum atomic E-state index is -1.26. The minimum Gasteiger partial charge on any atom is -0.478 e. The van der Waals surface area contributed by atoms with Crippen LogP contribution >= 0.6 is 0 Å². The first-order valence-corrected chi connectivity index (χ1v) is 6.46. The van der Waals surface area contributed by atoms with Gasteiger partial charge < -0.3 is 15.1 Å². The van der Waals surface area contributed by atoms with Crippen LogP contribution in [-0.2, 0) is 15.0 Å². The standard InChI is InChI=1S/C12H19N.C4H4O4/c1-12(2,3)10-6-8-11(9-7-10)13(4)5;5-3(6)1-2-4(7)8/h6-9H,1-5H3;1-2H,(H,5,6)(H,7,8)/b;2-1-. The molecular weight excluding hydrogens is 270 g/mol. The number of benzene rings is 1. The second kappa shape index (κ2) is 8.09. The van der Waals surface area contributed by atoms with Crippen LogP contribution in [0.1, 0.15) is 26.3 Å². The van der Waals surface area contributed by atoms with Crippen molar-refractivity contribution in [3.8, 4) is 0 Å². The van der Waals surface area contributed by atoms with E-state index in [1.54, 1.807) is 0 Å². The van der Waals surface area contributed by atoms with Crippen molar-refractivity contribution >= 4 is 17.6 Å². The second-order valence-corrected chi connectivity index (χ2v) is 5.70. The summed E-state index contributed by atoms with van der Waals surface area (Å²) >= 11 is 0. The summed E-state index contributed by atoms with van der Waals surface area (Å²) in [7, 11) is 4.12. The van der Waals surface area contributed by atoms with Crippen LogP contribution in [0.15, 0.2) is 36.4 Å². The van der Waals surface area contributed by atoms with Gasteiger partial charge in [0.05, 0.1) is 0 Å². The zero-order chi connectivity index (χ0) is 16.6. The number of nitrogens with zero attached hydrogens (tertiary/aromatic N) is 1. The Morgan fingerprint density at radius 1 is 0.952 bits per heavy atom. The molecule has 0 bridgehead atoms. The molecule has 0 radical (unpaired) electrons. The molecule has 21 heavy (non-hydrogen) atoms. The van der Waals surface area contributed by atoms with E-state index < -0.39 is 11.9 Å². The van der Waals surface area contributed by atoms with E-state index >= 15 is 0 Å². The predicted molar refractivity (Wildman–Crippen MR) is 83.9 cm³/mol. The summed E-state index contributed by atoms with van der Waals surface area (Å²) in [5, 5.41) is 15.6. The average molecular weight is 293 g/mol. The van der Waals surface area contributed by atoms with Crippen LogP contribution in [0.4, 0.5) is 5.69 Å². The Morgan fingerprint density at radius 3 is 1.57 bits per heavy atom. The number of carbonyl (C=O) groups is 2. The van der Waals surface area contributed by atoms with Gasteiger partial charge in [0.1, 0.15) is 0 Å². The minimum absolute atomic E-state index is 0.255. The van der Waals surface area contributed by atoms with Crippen molar-refractivity contribution < 1.29 is 19.8 Å². The van der Waals surface area contributed by atoms with Gasteiger partial charge in [-0.3, -0.25) is 0 Å². The van der Waals surface area contributed by atoms with Gasteiger partial charge in [0, 0.05) is 31.9 Å². The number of hydrogen-bond acceptors (Lipinski definition) is 3. The number of rotatable bonds is 3. The van der Waals surface area contributed by atoms with Gasteiger partial charge in [-0.15, -0.1) is 0 Å². The molecule has 116 valence electrons. The summed E-state index contributed by atoms with van der Waals surface area (Å²) in [4.78, 5) is 21.2. The topological polar surface area (TPSA) is 77.8 Å². The highest BCUT2D eigenvalue weighted by Crippen LogP contribution is 2.23. The van der Waals surface area contributed by atoms with Crippen molar-refractivity contribution in [2.75, 3.05) is 19.0 Å². The summed E-state index contributed by atoms with van der Waals surface area (Å²) in [6, 6.07) is 8.74. The summed E-state index contributed by atoms with van der Waals surface area (Å²) in [6.45, 7) is 6.70. The molecule has 0 fully saturated rings. The first kappa shape index (κ1) is 18.7. The Kier molecular flexibility index (Phi) is 7.21. The summed E-state index contributed by atoms with van der Waals surface area (Å²) in [5.41, 5.74) is 2.90. The smallest absolute Gasteiger partial charge is 0.328 e. The lowest BCUT2D eigenvalue weighted by Crippen LogP contribution is -2.12. The molecule has 1 rings (SSSR count). The molecule has 5 heteroatoms. The molecule has 1 aromatic rings. The summed E-state index contributed by atoms with van der Waals surface area (Å²) in [6.07, 6.45) is 1.12. The molecule has 5 nitrogen and oxygen atoms in total. The van der Waals surface area contributed by atoms with Gasteiger partial charge in [0.2, 0.25) is 0 Å². The summed E-state index contributed by atoms with van der Waals surface area (Å²) in [5.74, 6) is -2.51. The highest BCUT2D eigenvalue weighted by Gasteiger charge is 2.12. The van der Waals surface area contributed by atoms with Crippen molar-refractivity contribution in [2.45, 2.75) is 26.2 Å². The maximum Gasteiger partial charge on any atom is 0.328 e. The van der Waals surface area contributed by atoms with Gasteiger partial charge in [0.25, 0.3) is 0 Å². The summed E-state index contributed by atoms with van der Waals surface area (Å²) < 4.78 is 0. The van der Waals surface area contributed by atoms with E-state index in [0.717, 1.165) is 0 Å². The molecule has 0 aromatic heterocycles. The Bertz CT molecular complexity index is 480. The maximum atomic E-state index is 9.55. The van der Waals surface area contributed by atoms with Crippen molar-refractivity contribution in [3.05, 3.63) is 42.0 Å². The normalized spacial score (nSPS) is 10.7. The average Bonchev–Trinajstić information content (AvgIpc) is 2.36. The molecule has 0 unspecified atom stereocenters. The third-order valence-electron chi connectivity index (χ3n) is 2.62. The van der Waals surface area contributed by atoms with Gasteiger partial charge in [-0.05, 0) is 23.1 Å². The Labute approximate surface area is 125 Å². The van der Waals surface area contributed by atoms with E-state index in [1.807, 2.05) is 0 Å². The monoisotopic (exact) mass is 293 g/mol. The zero-order valence-electron chi connectivity index (χ0n) is 13.1. The molecule has 0 spiro atoms. The van der Waals surface area contributed by atoms with Crippen molar-refractivity contribution in [3.63, 3.8) is 0 Å². The number of carboxylic acid groups (broad SMARTS) is 2. The third kappa shape index (κ3) is 8.47. The SMILES string of the molecule is CN(C)c1ccc(C(C)(C)C)cc1.O=C(O)/C=C\C(=O)O. The van der Waals surface area contributed by atoms with Crippen LogP contribution in [-0.4, -0.2) is 36.2 Å². The van der Waals surface area contributed by atoms with Gasteiger partial charge in [-0.2, -0.15) is 0 Å². The van der Waals surface area contributed by atoms with Crippen LogP contribution in [0.25, 0.3) is 0 Å². The molecule has 0 aliphatic rings. The molecule has 0 amide bonds. The molecule has 2 N–H and O–H groups in total. The molecule has 0 aliphatic carbocycles. The van der Waals surface area contributed by atoms with Crippen LogP contribution in [0.3, 0.4) is 0 Å². The lowest BCUT2D eigenvalue weighted by Gasteiger charge is -2.20. The number of hydrogen-bond donors (Lipinski definition) is 2. The van der Waals surface area contributed by atoms with E-state index in [0.29, 0.717) is 12.2 Å². The Hall–Kier alpha value is -2.30. The van der Waals surface area contributed by atoms with Crippen LogP contribution in [0.5, 0.6) is 0 Å². The lowest BCUT2D eigenvalue weighted by molar-refractivity contribution is -0.134. The highest BCUT2D eigenvalue weighted by atomic mass is 16.4. The fourth-order valence-electron chi connectivity index (χ4n) is 1.40. The number of anilines is 1. The Balaban J connectivity index is 0.000000433. The maximum absolute atomic E-state index is 9.55. The molecule has 0 heterocycles. The van der Waals surface area contributed by atoms with Gasteiger partial charge in [-0.1, -0.05) is 32.9 Å². The van der Waals surface area contributed by atoms with Crippen LogP contribution in [0.2, 0.25) is 0 Å². The van der Waals surface area contributed by atoms with E-state index in [9.17, 15) is 9.59 Å². The van der Waals surface area contributed by atoms with Crippen LogP contribution < -0.4 is 4.90 Å². The van der Waals surface area contributed by atoms with Gasteiger partial charge in [0.15, 0.2) is 0 Å². The van der Waals surface area contributed by atoms with Gasteiger partial charge in [-0.25, -0.2) is 9.59 Å². The molecular formula is C16H23NO4. The third-order valence-corrected chi connectivity index (χ3v) is 2.62. The number of aliphatic carboxylic acids is 2. The second-order valence-electron chi connectivity index (χ2n) is 5.70. The Morgan fingerprint density at radius 2 is 1.33 bits per heavy atom. The fourth-order valence-corrected chi connectivity index (χ4v) is 1.40. The van der Waals surface area contributed by atoms with Crippen molar-refractivity contribution in [2.24, 2.45) is 0 Å². The highest BCUT2D eigenvalue weighted by molar-refractivity contribution is 5.89. The quantitative estimate of drug-likeness (QED) is 0.838. The first-order valence-electron chi connectivity index (χ1n) is 6.46. The molecule has 1 aromatic carbocycles. The molecule has 0 atom stereocenters. The lowest BCUT2D eigenvalue weighted by atomic mass is 9.87. The largest absolute Gasteiger partial charge is 0.478 e. The molecule has 0 saturated heterocycles. The van der Waals surface area contributed by atoms with E-state index in [2.05, 4.69) is 64.0 Å². The molecule has 0 saturated carbocycles. The first-order chi connectivity index (χ1) is 9.54. The van der Waals surface area contributed by atoms with E-state index in [1.165, 1.54) is 11.3 Å². The van der Waals surface area contributed by atoms with Crippen LogP contribution in [0, 0.1) is 0 Å². The van der Waals surface area contributed by atoms with Gasteiger partial charge >= 0.3 is 11.9 Å². The number of carboxylic acids is 2. The molecule has 0 aliphatic heterocycles.